The zero-order valence-corrected chi connectivity index (χ0v) is 29.7. The molecular weight excluding hydrogens is 673 g/mol. The van der Waals surface area contributed by atoms with Crippen LogP contribution in [-0.2, 0) is 40.3 Å². The lowest BCUT2D eigenvalue weighted by atomic mass is 9.93. The van der Waals surface area contributed by atoms with Crippen molar-refractivity contribution in [1.82, 2.24) is 26.1 Å². The molecule has 51 heavy (non-hydrogen) atoms. The van der Waals surface area contributed by atoms with Crippen LogP contribution in [0.4, 0.5) is 14.7 Å². The number of thiazole rings is 1. The summed E-state index contributed by atoms with van der Waals surface area (Å²) in [5, 5.41) is 26.7. The van der Waals surface area contributed by atoms with Crippen molar-refractivity contribution in [3.63, 3.8) is 0 Å². The largest absolute Gasteiger partial charge is 0.443 e. The quantitative estimate of drug-likeness (QED) is 0.117. The first-order valence-electron chi connectivity index (χ1n) is 17.2. The van der Waals surface area contributed by atoms with E-state index in [9.17, 15) is 19.5 Å². The number of alkyl carbamates (subject to hydrolysis) is 2. The normalized spacial score (nSPS) is 15.1. The lowest BCUT2D eigenvalue weighted by Crippen LogP contribution is -2.56. The monoisotopic (exact) mass is 718 g/mol. The molecule has 1 aliphatic heterocycles. The summed E-state index contributed by atoms with van der Waals surface area (Å²) in [4.78, 5) is 46.3. The van der Waals surface area contributed by atoms with Gasteiger partial charge in [0.05, 0.1) is 24.0 Å². The van der Waals surface area contributed by atoms with Gasteiger partial charge in [0, 0.05) is 30.6 Å². The first kappa shape index (κ1) is 37.3. The van der Waals surface area contributed by atoms with Crippen LogP contribution in [0, 0.1) is 5.92 Å². The Morgan fingerprint density at radius 1 is 0.882 bits per heavy atom. The minimum Gasteiger partial charge on any atom is -0.443 e. The number of aliphatic hydroxyl groups is 1. The number of rotatable bonds is 17. The van der Waals surface area contributed by atoms with E-state index in [1.165, 1.54) is 17.5 Å². The van der Waals surface area contributed by atoms with E-state index >= 15 is 0 Å². The summed E-state index contributed by atoms with van der Waals surface area (Å²) >= 11 is 1.52. The zero-order valence-electron chi connectivity index (χ0n) is 28.9. The van der Waals surface area contributed by atoms with Crippen LogP contribution >= 0.6 is 11.3 Å². The summed E-state index contributed by atoms with van der Waals surface area (Å²) in [5.74, 6) is -0.367. The summed E-state index contributed by atoms with van der Waals surface area (Å²) in [5.41, 5.74) is 2.49. The molecule has 4 atom stereocenters. The van der Waals surface area contributed by atoms with Crippen LogP contribution in [0.1, 0.15) is 55.7 Å². The second-order valence-corrected chi connectivity index (χ2v) is 13.8. The predicted octanol–water partition coefficient (Wildman–Crippen LogP) is 5.00. The number of amides is 3. The van der Waals surface area contributed by atoms with E-state index in [0.29, 0.717) is 24.3 Å². The molecular formula is C37H46N6O7S. The Morgan fingerprint density at radius 3 is 2.18 bits per heavy atom. The summed E-state index contributed by atoms with van der Waals surface area (Å²) < 4.78 is 15.8. The van der Waals surface area contributed by atoms with Crippen molar-refractivity contribution in [1.29, 1.82) is 0 Å². The van der Waals surface area contributed by atoms with Gasteiger partial charge >= 0.3 is 12.2 Å². The molecule has 272 valence electrons. The van der Waals surface area contributed by atoms with Crippen LogP contribution in [0.3, 0.4) is 0 Å². The van der Waals surface area contributed by atoms with Crippen LogP contribution in [0.15, 0.2) is 82.8 Å². The van der Waals surface area contributed by atoms with Gasteiger partial charge in [-0.3, -0.25) is 4.79 Å². The van der Waals surface area contributed by atoms with Gasteiger partial charge in [-0.15, -0.1) is 11.3 Å². The molecule has 4 aromatic rings. The van der Waals surface area contributed by atoms with E-state index in [1.807, 2.05) is 79.9 Å². The van der Waals surface area contributed by atoms with Gasteiger partial charge in [-0.1, -0.05) is 79.7 Å². The van der Waals surface area contributed by atoms with Crippen molar-refractivity contribution in [3.05, 3.63) is 101 Å². The van der Waals surface area contributed by atoms with Crippen molar-refractivity contribution in [2.24, 2.45) is 5.92 Å². The number of aliphatic hydroxyl groups excluding tert-OH is 1. The van der Waals surface area contributed by atoms with Crippen molar-refractivity contribution in [3.8, 4) is 0 Å². The number of aromatic nitrogens is 2. The maximum Gasteiger partial charge on any atom is 0.408 e. The van der Waals surface area contributed by atoms with E-state index in [2.05, 4.69) is 31.0 Å². The molecule has 3 amide bonds. The van der Waals surface area contributed by atoms with Crippen LogP contribution < -0.4 is 20.9 Å². The average Bonchev–Trinajstić information content (AvgIpc) is 3.93. The van der Waals surface area contributed by atoms with Gasteiger partial charge in [0.1, 0.15) is 12.6 Å². The lowest BCUT2D eigenvalue weighted by molar-refractivity contribution is -0.125. The zero-order chi connectivity index (χ0) is 36.0. The number of nitrogens with one attached hydrogen (secondary N) is 3. The van der Waals surface area contributed by atoms with Crippen LogP contribution in [0.25, 0.3) is 0 Å². The van der Waals surface area contributed by atoms with Gasteiger partial charge in [-0.2, -0.15) is 0 Å². The molecule has 1 saturated heterocycles. The fraction of sp³-hybridized carbons (Fsp3) is 0.432. The van der Waals surface area contributed by atoms with E-state index in [4.69, 9.17) is 14.0 Å². The number of hydrogen-bond donors (Lipinski definition) is 4. The number of hydrogen-bond acceptors (Lipinski definition) is 11. The fourth-order valence-electron chi connectivity index (χ4n) is 5.89. The number of carbonyl (C=O) groups excluding carboxylic acids is 3. The average molecular weight is 719 g/mol. The summed E-state index contributed by atoms with van der Waals surface area (Å²) in [6.07, 6.45) is 2.03. The van der Waals surface area contributed by atoms with Crippen LogP contribution in [0.2, 0.25) is 0 Å². The smallest absolute Gasteiger partial charge is 0.408 e. The van der Waals surface area contributed by atoms with Crippen LogP contribution in [-0.4, -0.2) is 70.7 Å². The third-order valence-electron chi connectivity index (χ3n) is 8.59. The molecule has 5 rings (SSSR count). The maximum absolute atomic E-state index is 13.8. The van der Waals surface area contributed by atoms with E-state index < -0.39 is 42.3 Å². The first-order chi connectivity index (χ1) is 24.7. The molecule has 0 aliphatic carbocycles. The van der Waals surface area contributed by atoms with Gasteiger partial charge in [0.15, 0.2) is 17.5 Å². The Bertz CT molecular complexity index is 1650. The molecule has 3 heterocycles. The minimum atomic E-state index is -1.09. The maximum atomic E-state index is 13.8. The highest BCUT2D eigenvalue weighted by Crippen LogP contribution is 2.24. The molecule has 4 N–H and O–H groups in total. The lowest BCUT2D eigenvalue weighted by Gasteiger charge is -2.30. The molecule has 1 fully saturated rings. The van der Waals surface area contributed by atoms with Gasteiger partial charge < -0.3 is 40.0 Å². The Balaban J connectivity index is 1.23. The SMILES string of the molecule is CC(C)[C@H](NC(=O)OCc1csc(N2CCCC2)n1)C(=O)N[C@@H](Cc1ccccc1)[C@@H](O)C[C@H](Cc1ccccc1)NC(=O)OCc1ccno1. The number of carbonyl (C=O) groups is 3. The van der Waals surface area contributed by atoms with Gasteiger partial charge in [0.2, 0.25) is 5.91 Å². The summed E-state index contributed by atoms with van der Waals surface area (Å²) in [7, 11) is 0. The van der Waals surface area contributed by atoms with Crippen molar-refractivity contribution >= 4 is 34.6 Å². The van der Waals surface area contributed by atoms with Gasteiger partial charge in [0.25, 0.3) is 0 Å². The minimum absolute atomic E-state index is 0.0193. The molecule has 1 aliphatic rings. The number of benzene rings is 2. The molecule has 0 saturated carbocycles. The summed E-state index contributed by atoms with van der Waals surface area (Å²) in [6.45, 7) is 5.46. The topological polar surface area (TPSA) is 168 Å². The molecule has 14 heteroatoms. The second-order valence-electron chi connectivity index (χ2n) is 13.0. The number of ether oxygens (including phenoxy) is 2. The Hall–Kier alpha value is -4.95. The van der Waals surface area contributed by atoms with Gasteiger partial charge in [-0.25, -0.2) is 14.6 Å². The van der Waals surface area contributed by atoms with E-state index in [0.717, 1.165) is 42.2 Å². The Morgan fingerprint density at radius 2 is 1.53 bits per heavy atom. The van der Waals surface area contributed by atoms with Crippen molar-refractivity contribution in [2.45, 2.75) is 83.4 Å². The van der Waals surface area contributed by atoms with E-state index in [-0.39, 0.29) is 25.6 Å². The Kier molecular flexibility index (Phi) is 13.8. The highest BCUT2D eigenvalue weighted by Gasteiger charge is 2.31. The molecule has 0 unspecified atom stereocenters. The number of nitrogens with zero attached hydrogens (tertiary/aromatic N) is 3. The highest BCUT2D eigenvalue weighted by molar-refractivity contribution is 7.13. The third-order valence-corrected chi connectivity index (χ3v) is 9.54. The van der Waals surface area contributed by atoms with E-state index in [1.54, 1.807) is 6.07 Å². The molecule has 0 bridgehead atoms. The predicted molar refractivity (Wildman–Crippen MR) is 192 cm³/mol. The third kappa shape index (κ3) is 11.8. The Labute approximate surface area is 301 Å². The molecule has 13 nitrogen and oxygen atoms in total. The molecule has 2 aromatic heterocycles. The molecule has 0 spiro atoms. The second kappa shape index (κ2) is 18.9. The first-order valence-corrected chi connectivity index (χ1v) is 18.1. The van der Waals surface area contributed by atoms with Gasteiger partial charge in [-0.05, 0) is 49.1 Å². The molecule has 0 radical (unpaired) electrons. The van der Waals surface area contributed by atoms with Crippen molar-refractivity contribution in [2.75, 3.05) is 18.0 Å². The summed E-state index contributed by atoms with van der Waals surface area (Å²) in [6, 6.07) is 18.4. The number of anilines is 1. The molecule has 2 aromatic carbocycles. The van der Waals surface area contributed by atoms with Crippen molar-refractivity contribution < 1.29 is 33.5 Å². The standard InChI is InChI=1S/C37H46N6O7S/c1-25(2)33(42-37(47)48-22-29-24-51-35(39-29)43-17-9-10-18-43)34(45)41-31(20-27-13-7-4-8-14-27)32(44)21-28(19-26-11-5-3-6-12-26)40-36(46)49-23-30-15-16-38-50-30/h3-8,11-16,24-25,28,31-33,44H,9-10,17-23H2,1-2H3,(H,40,46)(H,41,45)(H,42,47)/t28-,31-,32-,33-/m0/s1. The van der Waals surface area contributed by atoms with Crippen LogP contribution in [0.5, 0.6) is 0 Å². The fourth-order valence-corrected chi connectivity index (χ4v) is 6.76. The highest BCUT2D eigenvalue weighted by atomic mass is 32.1.